The van der Waals surface area contributed by atoms with Gasteiger partial charge in [0, 0.05) is 20.2 Å². The largest absolute Gasteiger partial charge is 0.493 e. The number of hydrogen-bond donors (Lipinski definition) is 2. The maximum Gasteiger partial charge on any atom is 0.191 e. The number of guanidine groups is 1. The Bertz CT molecular complexity index is 606. The second kappa shape index (κ2) is 10.5. The molecule has 0 radical (unpaired) electrons. The van der Waals surface area contributed by atoms with Gasteiger partial charge in [-0.15, -0.1) is 6.42 Å². The zero-order valence-corrected chi connectivity index (χ0v) is 15.8. The van der Waals surface area contributed by atoms with E-state index in [1.54, 1.807) is 14.2 Å². The van der Waals surface area contributed by atoms with Crippen LogP contribution in [0.1, 0.15) is 26.3 Å². The third-order valence-electron chi connectivity index (χ3n) is 3.54. The van der Waals surface area contributed by atoms with Gasteiger partial charge in [0.15, 0.2) is 17.5 Å². The number of hydrogen-bond acceptors (Lipinski definition) is 4. The molecule has 0 bridgehead atoms. The molecule has 0 saturated heterocycles. The van der Waals surface area contributed by atoms with Crippen LogP contribution in [0.5, 0.6) is 11.5 Å². The van der Waals surface area contributed by atoms with Gasteiger partial charge in [-0.3, -0.25) is 0 Å². The van der Waals surface area contributed by atoms with Crippen molar-refractivity contribution in [2.75, 3.05) is 33.9 Å². The van der Waals surface area contributed by atoms with E-state index in [0.717, 1.165) is 18.1 Å². The van der Waals surface area contributed by atoms with E-state index in [2.05, 4.69) is 21.5 Å². The summed E-state index contributed by atoms with van der Waals surface area (Å²) in [5.41, 5.74) is 0.725. The lowest BCUT2D eigenvalue weighted by atomic mass is 10.1. The number of rotatable bonds is 9. The molecule has 6 heteroatoms. The number of terminal acetylenes is 1. The highest BCUT2D eigenvalue weighted by molar-refractivity contribution is 5.79. The molecule has 1 rings (SSSR count). The fourth-order valence-corrected chi connectivity index (χ4v) is 1.93. The summed E-state index contributed by atoms with van der Waals surface area (Å²) in [6.07, 6.45) is 5.25. The Labute approximate surface area is 151 Å². The lowest BCUT2D eigenvalue weighted by Gasteiger charge is -2.24. The van der Waals surface area contributed by atoms with Crippen molar-refractivity contribution in [2.24, 2.45) is 4.99 Å². The van der Waals surface area contributed by atoms with Crippen LogP contribution >= 0.6 is 0 Å². The molecular formula is C19H29N3O3. The van der Waals surface area contributed by atoms with Crippen molar-refractivity contribution in [3.05, 3.63) is 23.8 Å². The van der Waals surface area contributed by atoms with E-state index in [9.17, 15) is 0 Å². The van der Waals surface area contributed by atoms with Crippen LogP contribution in [0.15, 0.2) is 23.2 Å². The van der Waals surface area contributed by atoms with Crippen LogP contribution in [0.4, 0.5) is 0 Å². The van der Waals surface area contributed by atoms with Crippen LogP contribution in [0.25, 0.3) is 0 Å². The van der Waals surface area contributed by atoms with E-state index in [1.807, 2.05) is 39.0 Å². The van der Waals surface area contributed by atoms with Gasteiger partial charge in [-0.2, -0.15) is 0 Å². The number of methoxy groups -OCH3 is 2. The average Bonchev–Trinajstić information content (AvgIpc) is 2.62. The van der Waals surface area contributed by atoms with Gasteiger partial charge in [-0.05, 0) is 38.5 Å². The minimum Gasteiger partial charge on any atom is -0.493 e. The molecule has 0 aliphatic carbocycles. The lowest BCUT2D eigenvalue weighted by molar-refractivity contribution is 0.0268. The molecule has 0 unspecified atom stereocenters. The number of benzene rings is 1. The third kappa shape index (κ3) is 7.36. The first-order chi connectivity index (χ1) is 12.0. The van der Waals surface area contributed by atoms with Gasteiger partial charge in [-0.25, -0.2) is 4.99 Å². The van der Waals surface area contributed by atoms with Gasteiger partial charge in [0.1, 0.15) is 6.61 Å². The lowest BCUT2D eigenvalue weighted by Crippen LogP contribution is -2.45. The van der Waals surface area contributed by atoms with Crippen molar-refractivity contribution >= 4 is 5.96 Å². The van der Waals surface area contributed by atoms with E-state index in [1.165, 1.54) is 0 Å². The first kappa shape index (κ1) is 20.7. The topological polar surface area (TPSA) is 64.1 Å². The Morgan fingerprint density at radius 1 is 1.24 bits per heavy atom. The van der Waals surface area contributed by atoms with Gasteiger partial charge >= 0.3 is 0 Å². The zero-order chi connectivity index (χ0) is 18.7. The normalized spacial score (nSPS) is 11.6. The highest BCUT2D eigenvalue weighted by atomic mass is 16.5. The molecule has 1 aromatic carbocycles. The molecule has 2 N–H and O–H groups in total. The van der Waals surface area contributed by atoms with Crippen molar-refractivity contribution in [3.63, 3.8) is 0 Å². The van der Waals surface area contributed by atoms with Gasteiger partial charge in [0.05, 0.1) is 19.3 Å². The summed E-state index contributed by atoms with van der Waals surface area (Å²) in [6.45, 7) is 8.17. The fourth-order valence-electron chi connectivity index (χ4n) is 1.93. The van der Waals surface area contributed by atoms with Crippen molar-refractivity contribution in [1.82, 2.24) is 10.6 Å². The van der Waals surface area contributed by atoms with E-state index in [4.69, 9.17) is 20.6 Å². The summed E-state index contributed by atoms with van der Waals surface area (Å²) in [6, 6.07) is 5.70. The molecule has 0 atom stereocenters. The molecule has 0 aromatic heterocycles. The number of ether oxygens (including phenoxy) is 3. The molecule has 0 fully saturated rings. The van der Waals surface area contributed by atoms with Gasteiger partial charge in [0.25, 0.3) is 0 Å². The highest BCUT2D eigenvalue weighted by Crippen LogP contribution is 2.28. The quantitative estimate of drug-likeness (QED) is 0.407. The van der Waals surface area contributed by atoms with Crippen molar-refractivity contribution in [3.8, 4) is 23.8 Å². The zero-order valence-electron chi connectivity index (χ0n) is 15.8. The van der Waals surface area contributed by atoms with Crippen LogP contribution in [-0.4, -0.2) is 45.5 Å². The fraction of sp³-hybridized carbons (Fsp3) is 0.526. The van der Waals surface area contributed by atoms with Gasteiger partial charge in [0.2, 0.25) is 0 Å². The molecule has 0 saturated carbocycles. The predicted molar refractivity (Wildman–Crippen MR) is 101 cm³/mol. The number of nitrogens with one attached hydrogen (secondary N) is 2. The Hall–Kier alpha value is -2.39. The van der Waals surface area contributed by atoms with Crippen molar-refractivity contribution in [1.29, 1.82) is 0 Å². The van der Waals surface area contributed by atoms with E-state index >= 15 is 0 Å². The maximum absolute atomic E-state index is 5.52. The van der Waals surface area contributed by atoms with E-state index in [0.29, 0.717) is 24.6 Å². The summed E-state index contributed by atoms with van der Waals surface area (Å²) in [4.78, 5) is 4.60. The highest BCUT2D eigenvalue weighted by Gasteiger charge is 2.16. The summed E-state index contributed by atoms with van der Waals surface area (Å²) >= 11 is 0. The molecule has 0 amide bonds. The standard InChI is InChI=1S/C19H29N3O3/c1-7-11-25-17-12-15(9-10-16(17)23-5)13-21-18(20-8-2)22-14-19(3,4)24-6/h1,9-10,12H,8,11,13-14H2,2-6H3,(H2,20,21,22). The molecule has 0 aliphatic heterocycles. The average molecular weight is 347 g/mol. The first-order valence-electron chi connectivity index (χ1n) is 8.26. The summed E-state index contributed by atoms with van der Waals surface area (Å²) in [5, 5.41) is 6.51. The minimum absolute atomic E-state index is 0.194. The van der Waals surface area contributed by atoms with Crippen LogP contribution in [0.2, 0.25) is 0 Å². The van der Waals surface area contributed by atoms with Gasteiger partial charge < -0.3 is 24.8 Å². The molecule has 0 aliphatic rings. The second-order valence-corrected chi connectivity index (χ2v) is 5.99. The summed E-state index contributed by atoms with van der Waals surface area (Å²) in [5.74, 6) is 4.45. The Morgan fingerprint density at radius 2 is 2.00 bits per heavy atom. The Morgan fingerprint density at radius 3 is 2.60 bits per heavy atom. The van der Waals surface area contributed by atoms with E-state index < -0.39 is 0 Å². The van der Waals surface area contributed by atoms with Crippen LogP contribution in [0, 0.1) is 12.3 Å². The Kier molecular flexibility index (Phi) is 8.65. The number of aliphatic imine (C=N–C) groups is 1. The molecule has 25 heavy (non-hydrogen) atoms. The monoisotopic (exact) mass is 347 g/mol. The second-order valence-electron chi connectivity index (χ2n) is 5.99. The SMILES string of the molecule is C#CCOc1cc(CN=C(NCC)NCC(C)(C)OC)ccc1OC. The minimum atomic E-state index is -0.271. The summed E-state index contributed by atoms with van der Waals surface area (Å²) in [7, 11) is 3.29. The smallest absolute Gasteiger partial charge is 0.191 e. The first-order valence-corrected chi connectivity index (χ1v) is 8.26. The molecule has 0 heterocycles. The van der Waals surface area contributed by atoms with E-state index in [-0.39, 0.29) is 12.2 Å². The molecule has 6 nitrogen and oxygen atoms in total. The number of nitrogens with zero attached hydrogens (tertiary/aromatic N) is 1. The molecule has 138 valence electrons. The maximum atomic E-state index is 5.52. The van der Waals surface area contributed by atoms with Crippen LogP contribution in [-0.2, 0) is 11.3 Å². The van der Waals surface area contributed by atoms with Crippen LogP contribution < -0.4 is 20.1 Å². The van der Waals surface area contributed by atoms with Gasteiger partial charge in [-0.1, -0.05) is 12.0 Å². The third-order valence-corrected chi connectivity index (χ3v) is 3.54. The van der Waals surface area contributed by atoms with Crippen molar-refractivity contribution in [2.45, 2.75) is 32.9 Å². The molecular weight excluding hydrogens is 318 g/mol. The van der Waals surface area contributed by atoms with Crippen LogP contribution in [0.3, 0.4) is 0 Å². The predicted octanol–water partition coefficient (Wildman–Crippen LogP) is 2.19. The van der Waals surface area contributed by atoms with Crippen molar-refractivity contribution < 1.29 is 14.2 Å². The summed E-state index contributed by atoms with van der Waals surface area (Å²) < 4.78 is 16.2. The molecule has 1 aromatic rings. The molecule has 0 spiro atoms. The Balaban J connectivity index is 2.82.